The van der Waals surface area contributed by atoms with Gasteiger partial charge in [0, 0.05) is 30.7 Å². The van der Waals surface area contributed by atoms with Crippen LogP contribution in [0.1, 0.15) is 0 Å². The molecule has 0 N–H and O–H groups in total. The first-order valence-electron chi connectivity index (χ1n) is 6.89. The molecule has 0 spiro atoms. The number of nitro groups is 1. The van der Waals surface area contributed by atoms with Gasteiger partial charge >= 0.3 is 5.51 Å². The number of nitrogens with zero attached hydrogens (tertiary/aromatic N) is 4. The molecule has 2 rings (SSSR count). The second-order valence-electron chi connectivity index (χ2n) is 5.07. The van der Waals surface area contributed by atoms with Gasteiger partial charge in [0.2, 0.25) is 0 Å². The fraction of sp³-hybridized carbons (Fsp3) is 0.200. The number of hydrogen-bond donors (Lipinski definition) is 0. The van der Waals surface area contributed by atoms with Gasteiger partial charge in [-0.3, -0.25) is 10.1 Å². The third-order valence-electron chi connectivity index (χ3n) is 3.02. The largest absolute Gasteiger partial charge is 0.446 e. The highest BCUT2D eigenvalue weighted by Crippen LogP contribution is 2.40. The first kappa shape index (κ1) is 18.7. The van der Waals surface area contributed by atoms with E-state index < -0.39 is 27.9 Å². The van der Waals surface area contributed by atoms with Gasteiger partial charge < -0.3 is 4.90 Å². The summed E-state index contributed by atoms with van der Waals surface area (Å²) >= 11 is -0.422. The van der Waals surface area contributed by atoms with Gasteiger partial charge in [-0.15, -0.1) is 5.11 Å². The summed E-state index contributed by atoms with van der Waals surface area (Å²) in [6, 6.07) is 10.1. The van der Waals surface area contributed by atoms with Gasteiger partial charge in [-0.05, 0) is 48.2 Å². The Morgan fingerprint density at radius 3 is 2.24 bits per heavy atom. The van der Waals surface area contributed by atoms with Crippen molar-refractivity contribution in [2.75, 3.05) is 19.0 Å². The first-order chi connectivity index (χ1) is 11.7. The van der Waals surface area contributed by atoms with Crippen molar-refractivity contribution in [1.29, 1.82) is 0 Å². The van der Waals surface area contributed by atoms with E-state index in [0.717, 1.165) is 23.9 Å². The molecule has 0 saturated carbocycles. The second-order valence-corrected chi connectivity index (χ2v) is 6.20. The normalized spacial score (nSPS) is 11.7. The lowest BCUT2D eigenvalue weighted by Gasteiger charge is -2.11. The third kappa shape index (κ3) is 5.45. The topological polar surface area (TPSA) is 71.1 Å². The van der Waals surface area contributed by atoms with Crippen LogP contribution in [0.15, 0.2) is 57.6 Å². The maximum absolute atomic E-state index is 12.4. The number of benzene rings is 2. The van der Waals surface area contributed by atoms with Crippen LogP contribution in [0.25, 0.3) is 0 Å². The fourth-order valence-corrected chi connectivity index (χ4v) is 2.43. The molecule has 0 unspecified atom stereocenters. The van der Waals surface area contributed by atoms with Crippen molar-refractivity contribution in [3.8, 4) is 0 Å². The SMILES string of the molecule is CN(C)c1ccc(N=Nc2ccc(SC(F)(F)F)cc2[N+](=O)[O-])cc1. The first-order valence-corrected chi connectivity index (χ1v) is 7.71. The lowest BCUT2D eigenvalue weighted by atomic mass is 10.2. The van der Waals surface area contributed by atoms with Gasteiger partial charge in [0.25, 0.3) is 5.69 Å². The number of thioether (sulfide) groups is 1. The summed E-state index contributed by atoms with van der Waals surface area (Å²) in [5.74, 6) is 0. The van der Waals surface area contributed by atoms with E-state index in [1.54, 1.807) is 24.3 Å². The maximum atomic E-state index is 12.4. The van der Waals surface area contributed by atoms with Gasteiger partial charge in [-0.2, -0.15) is 18.3 Å². The lowest BCUT2D eigenvalue weighted by molar-refractivity contribution is -0.384. The highest BCUT2D eigenvalue weighted by Gasteiger charge is 2.30. The average Bonchev–Trinajstić information content (AvgIpc) is 2.52. The Hall–Kier alpha value is -2.62. The smallest absolute Gasteiger partial charge is 0.378 e. The maximum Gasteiger partial charge on any atom is 0.446 e. The van der Waals surface area contributed by atoms with Crippen LogP contribution in [-0.2, 0) is 0 Å². The van der Waals surface area contributed by atoms with Crippen molar-refractivity contribution in [3.63, 3.8) is 0 Å². The van der Waals surface area contributed by atoms with Crippen molar-refractivity contribution in [2.45, 2.75) is 10.4 Å². The predicted molar refractivity (Wildman–Crippen MR) is 90.0 cm³/mol. The van der Waals surface area contributed by atoms with Gasteiger partial charge in [0.1, 0.15) is 0 Å². The lowest BCUT2D eigenvalue weighted by Crippen LogP contribution is -2.07. The number of hydrogen-bond acceptors (Lipinski definition) is 6. The molecule has 132 valence electrons. The molecule has 0 aliphatic rings. The molecule has 0 aliphatic heterocycles. The number of nitro benzene ring substituents is 1. The van der Waals surface area contributed by atoms with Gasteiger partial charge in [-0.1, -0.05) is 0 Å². The predicted octanol–water partition coefficient (Wildman–Crippen LogP) is 5.69. The summed E-state index contributed by atoms with van der Waals surface area (Å²) in [4.78, 5) is 11.9. The molecule has 0 amide bonds. The Kier molecular flexibility index (Phi) is 5.62. The quantitative estimate of drug-likeness (QED) is 0.293. The highest BCUT2D eigenvalue weighted by atomic mass is 32.2. The minimum atomic E-state index is -4.52. The van der Waals surface area contributed by atoms with Crippen LogP contribution < -0.4 is 4.90 Å². The van der Waals surface area contributed by atoms with E-state index in [0.29, 0.717) is 5.69 Å². The van der Waals surface area contributed by atoms with Gasteiger partial charge in [-0.25, -0.2) is 0 Å². The Balaban J connectivity index is 2.27. The van der Waals surface area contributed by atoms with Crippen molar-refractivity contribution in [3.05, 3.63) is 52.6 Å². The molecule has 0 bridgehead atoms. The third-order valence-corrected chi connectivity index (χ3v) is 3.74. The van der Waals surface area contributed by atoms with E-state index in [4.69, 9.17) is 0 Å². The van der Waals surface area contributed by atoms with E-state index in [2.05, 4.69) is 10.2 Å². The van der Waals surface area contributed by atoms with Crippen LogP contribution in [0.2, 0.25) is 0 Å². The van der Waals surface area contributed by atoms with E-state index in [1.165, 1.54) is 0 Å². The number of azo groups is 1. The van der Waals surface area contributed by atoms with Crippen LogP contribution in [0.3, 0.4) is 0 Å². The molecule has 0 aliphatic carbocycles. The minimum Gasteiger partial charge on any atom is -0.378 e. The molecular formula is C15H13F3N4O2S. The molecule has 0 fully saturated rings. The number of alkyl halides is 3. The molecule has 2 aromatic carbocycles. The molecule has 2 aromatic rings. The van der Waals surface area contributed by atoms with Crippen LogP contribution in [-0.4, -0.2) is 24.5 Å². The van der Waals surface area contributed by atoms with E-state index in [9.17, 15) is 23.3 Å². The Bertz CT molecular complexity index is 792. The Labute approximate surface area is 145 Å². The molecular weight excluding hydrogens is 357 g/mol. The molecule has 0 atom stereocenters. The van der Waals surface area contributed by atoms with Crippen LogP contribution in [0.4, 0.5) is 35.9 Å². The summed E-state index contributed by atoms with van der Waals surface area (Å²) in [5, 5.41) is 18.8. The van der Waals surface area contributed by atoms with Crippen LogP contribution in [0, 0.1) is 10.1 Å². The van der Waals surface area contributed by atoms with Crippen LogP contribution >= 0.6 is 11.8 Å². The van der Waals surface area contributed by atoms with Crippen molar-refractivity contribution < 1.29 is 18.1 Å². The van der Waals surface area contributed by atoms with Crippen molar-refractivity contribution >= 4 is 34.5 Å². The fourth-order valence-electron chi connectivity index (χ4n) is 1.86. The zero-order valence-electron chi connectivity index (χ0n) is 13.2. The van der Waals surface area contributed by atoms with Crippen molar-refractivity contribution in [2.24, 2.45) is 10.2 Å². The number of anilines is 1. The summed E-state index contributed by atoms with van der Waals surface area (Å²) in [6.45, 7) is 0. The highest BCUT2D eigenvalue weighted by molar-refractivity contribution is 8.00. The van der Waals surface area contributed by atoms with E-state index >= 15 is 0 Å². The summed E-state index contributed by atoms with van der Waals surface area (Å²) in [5.41, 5.74) is -3.77. The van der Waals surface area contributed by atoms with Gasteiger partial charge in [0.15, 0.2) is 5.69 Å². The number of halogens is 3. The molecule has 25 heavy (non-hydrogen) atoms. The minimum absolute atomic E-state index is 0.117. The van der Waals surface area contributed by atoms with Gasteiger partial charge in [0.05, 0.1) is 10.6 Å². The Morgan fingerprint density at radius 1 is 1.08 bits per heavy atom. The zero-order chi connectivity index (χ0) is 18.6. The second kappa shape index (κ2) is 7.51. The standard InChI is InChI=1S/C15H13F3N4O2S/c1-21(2)11-5-3-10(4-6-11)19-20-13-8-7-12(25-15(16,17)18)9-14(13)22(23)24/h3-9H,1-2H3. The molecule has 6 nitrogen and oxygen atoms in total. The monoisotopic (exact) mass is 370 g/mol. The van der Waals surface area contributed by atoms with Crippen molar-refractivity contribution in [1.82, 2.24) is 0 Å². The van der Waals surface area contributed by atoms with E-state index in [-0.39, 0.29) is 10.6 Å². The van der Waals surface area contributed by atoms with E-state index in [1.807, 2.05) is 19.0 Å². The molecule has 0 heterocycles. The molecule has 0 saturated heterocycles. The summed E-state index contributed by atoms with van der Waals surface area (Å²) in [7, 11) is 3.75. The molecule has 0 radical (unpaired) electrons. The summed E-state index contributed by atoms with van der Waals surface area (Å²) < 4.78 is 37.1. The average molecular weight is 370 g/mol. The number of rotatable bonds is 5. The Morgan fingerprint density at radius 2 is 1.72 bits per heavy atom. The summed E-state index contributed by atoms with van der Waals surface area (Å²) in [6.07, 6.45) is 0. The zero-order valence-corrected chi connectivity index (χ0v) is 14.0. The molecule has 10 heteroatoms. The van der Waals surface area contributed by atoms with Crippen LogP contribution in [0.5, 0.6) is 0 Å². The molecule has 0 aromatic heterocycles.